The molecule has 0 unspecified atom stereocenters. The molecule has 8 nitrogen and oxygen atoms in total. The molecule has 0 amide bonds. The highest BCUT2D eigenvalue weighted by Gasteiger charge is 2.38. The molecule has 0 aliphatic heterocycles. The molecule has 0 aliphatic carbocycles. The van der Waals surface area contributed by atoms with Gasteiger partial charge in [-0.25, -0.2) is 0 Å². The Labute approximate surface area is 108 Å². The van der Waals surface area contributed by atoms with Crippen LogP contribution in [0.3, 0.4) is 0 Å². The molecule has 0 radical (unpaired) electrons. The molecule has 1 aromatic rings. The van der Waals surface area contributed by atoms with Crippen LogP contribution in [0.5, 0.6) is 0 Å². The molecule has 11 heteroatoms. The van der Waals surface area contributed by atoms with Crippen molar-refractivity contribution in [3.8, 4) is 6.19 Å². The highest BCUT2D eigenvalue weighted by molar-refractivity contribution is 5.77. The van der Waals surface area contributed by atoms with Crippen molar-refractivity contribution in [3.05, 3.63) is 37.9 Å². The summed E-state index contributed by atoms with van der Waals surface area (Å²) >= 11 is 0. The van der Waals surface area contributed by atoms with E-state index in [4.69, 9.17) is 5.26 Å². The molecule has 0 saturated carbocycles. The van der Waals surface area contributed by atoms with Crippen LogP contribution >= 0.6 is 0 Å². The van der Waals surface area contributed by atoms with E-state index in [0.717, 1.165) is 7.05 Å². The molecule has 0 aromatic heterocycles. The van der Waals surface area contributed by atoms with E-state index in [1.54, 1.807) is 0 Å². The Hall–Kier alpha value is -2.90. The molecule has 0 bridgehead atoms. The molecule has 106 valence electrons. The molecule has 0 spiro atoms. The van der Waals surface area contributed by atoms with Gasteiger partial charge in [0.2, 0.25) is 5.69 Å². The van der Waals surface area contributed by atoms with Gasteiger partial charge in [-0.3, -0.25) is 25.1 Å². The zero-order valence-electron chi connectivity index (χ0n) is 9.71. The number of hydrogen-bond donors (Lipinski definition) is 0. The number of nitrogens with zero attached hydrogens (tertiary/aromatic N) is 4. The summed E-state index contributed by atoms with van der Waals surface area (Å²) in [7, 11) is 0.961. The molecule has 0 N–H and O–H groups in total. The van der Waals surface area contributed by atoms with Gasteiger partial charge in [-0.2, -0.15) is 18.4 Å². The summed E-state index contributed by atoms with van der Waals surface area (Å²) < 4.78 is 37.7. The fraction of sp³-hybridized carbons (Fsp3) is 0.222. The Morgan fingerprint density at radius 2 is 1.60 bits per heavy atom. The van der Waals surface area contributed by atoms with Gasteiger partial charge in [0.15, 0.2) is 6.19 Å². The summed E-state index contributed by atoms with van der Waals surface area (Å²) in [5.74, 6) is 0. The number of hydrogen-bond acceptors (Lipinski definition) is 6. The van der Waals surface area contributed by atoms with Crippen LogP contribution < -0.4 is 4.90 Å². The van der Waals surface area contributed by atoms with Crippen LogP contribution in [0, 0.1) is 31.7 Å². The van der Waals surface area contributed by atoms with Crippen molar-refractivity contribution in [2.45, 2.75) is 6.18 Å². The monoisotopic (exact) mass is 290 g/mol. The molecule has 0 saturated heterocycles. The first-order valence-electron chi connectivity index (χ1n) is 4.77. The minimum atomic E-state index is -4.99. The maximum Gasteiger partial charge on any atom is 0.416 e. The van der Waals surface area contributed by atoms with Crippen LogP contribution in [0.2, 0.25) is 0 Å². The quantitative estimate of drug-likeness (QED) is 0.365. The van der Waals surface area contributed by atoms with Gasteiger partial charge in [-0.1, -0.05) is 0 Å². The summed E-state index contributed by atoms with van der Waals surface area (Å²) in [5.41, 5.74) is -4.69. The minimum Gasteiger partial charge on any atom is -0.270 e. The van der Waals surface area contributed by atoms with Crippen LogP contribution in [0.25, 0.3) is 0 Å². The standard InChI is InChI=1S/C9H5F3N4O4/c1-14(4-13)8-6(15(17)18)2-5(9(10,11)12)3-7(8)16(19)20/h2-3H,1H3. The average molecular weight is 290 g/mol. The molecular formula is C9H5F3N4O4. The lowest BCUT2D eigenvalue weighted by molar-refractivity contribution is -0.392. The van der Waals surface area contributed by atoms with Crippen molar-refractivity contribution in [2.75, 3.05) is 11.9 Å². The third-order valence-electron chi connectivity index (χ3n) is 2.28. The van der Waals surface area contributed by atoms with Gasteiger partial charge in [0.05, 0.1) is 15.4 Å². The van der Waals surface area contributed by atoms with Gasteiger partial charge in [0.1, 0.15) is 0 Å². The molecule has 0 aliphatic rings. The summed E-state index contributed by atoms with van der Waals surface area (Å²) in [6.07, 6.45) is -3.61. The second-order valence-corrected chi connectivity index (χ2v) is 3.53. The van der Waals surface area contributed by atoms with E-state index in [1.807, 2.05) is 0 Å². The Morgan fingerprint density at radius 3 is 1.85 bits per heavy atom. The molecule has 0 atom stereocenters. The summed E-state index contributed by atoms with van der Waals surface area (Å²) in [6.45, 7) is 0. The van der Waals surface area contributed by atoms with E-state index >= 15 is 0 Å². The number of nitro groups is 2. The van der Waals surface area contributed by atoms with Crippen molar-refractivity contribution in [1.29, 1.82) is 5.26 Å². The smallest absolute Gasteiger partial charge is 0.270 e. The lowest BCUT2D eigenvalue weighted by Crippen LogP contribution is -2.15. The number of rotatable bonds is 3. The van der Waals surface area contributed by atoms with Crippen molar-refractivity contribution in [1.82, 2.24) is 0 Å². The van der Waals surface area contributed by atoms with Crippen LogP contribution in [0.4, 0.5) is 30.2 Å². The number of anilines is 1. The maximum absolute atomic E-state index is 12.6. The molecule has 20 heavy (non-hydrogen) atoms. The number of benzene rings is 1. The summed E-state index contributed by atoms with van der Waals surface area (Å²) in [6, 6.07) is 0.298. The maximum atomic E-state index is 12.6. The Morgan fingerprint density at radius 1 is 1.20 bits per heavy atom. The average Bonchev–Trinajstić information content (AvgIpc) is 2.34. The Balaban J connectivity index is 3.79. The van der Waals surface area contributed by atoms with Crippen LogP contribution in [0.15, 0.2) is 12.1 Å². The zero-order chi connectivity index (χ0) is 15.7. The predicted octanol–water partition coefficient (Wildman–Crippen LogP) is 2.44. The van der Waals surface area contributed by atoms with Gasteiger partial charge in [-0.05, 0) is 0 Å². The first-order valence-corrected chi connectivity index (χ1v) is 4.77. The third-order valence-corrected chi connectivity index (χ3v) is 2.28. The number of nitriles is 1. The number of alkyl halides is 3. The minimum absolute atomic E-state index is 0.149. The van der Waals surface area contributed by atoms with E-state index in [9.17, 15) is 33.4 Å². The topological polar surface area (TPSA) is 113 Å². The van der Waals surface area contributed by atoms with Gasteiger partial charge >= 0.3 is 17.6 Å². The summed E-state index contributed by atoms with van der Waals surface area (Å²) in [5, 5.41) is 30.2. The molecule has 1 rings (SSSR count). The number of nitro benzene ring substituents is 2. The molecule has 1 aromatic carbocycles. The lowest BCUT2D eigenvalue weighted by Gasteiger charge is -2.12. The van der Waals surface area contributed by atoms with Crippen molar-refractivity contribution < 1.29 is 23.0 Å². The number of halogens is 3. The summed E-state index contributed by atoms with van der Waals surface area (Å²) in [4.78, 5) is 19.6. The van der Waals surface area contributed by atoms with E-state index < -0.39 is 38.6 Å². The second-order valence-electron chi connectivity index (χ2n) is 3.53. The largest absolute Gasteiger partial charge is 0.416 e. The first-order chi connectivity index (χ1) is 9.09. The van der Waals surface area contributed by atoms with Gasteiger partial charge in [0.25, 0.3) is 0 Å². The Bertz CT molecular complexity index is 588. The van der Waals surface area contributed by atoms with Crippen molar-refractivity contribution in [2.24, 2.45) is 0 Å². The van der Waals surface area contributed by atoms with Crippen LogP contribution in [0.1, 0.15) is 5.56 Å². The van der Waals surface area contributed by atoms with Gasteiger partial charge < -0.3 is 0 Å². The molecule has 0 heterocycles. The highest BCUT2D eigenvalue weighted by Crippen LogP contribution is 2.42. The molecule has 0 fully saturated rings. The van der Waals surface area contributed by atoms with E-state index in [2.05, 4.69) is 0 Å². The molecular weight excluding hydrogens is 285 g/mol. The highest BCUT2D eigenvalue weighted by atomic mass is 19.4. The first kappa shape index (κ1) is 15.2. The van der Waals surface area contributed by atoms with Gasteiger partial charge in [0, 0.05) is 19.2 Å². The normalized spacial score (nSPS) is 10.8. The van der Waals surface area contributed by atoms with Crippen molar-refractivity contribution >= 4 is 17.1 Å². The van der Waals surface area contributed by atoms with Crippen molar-refractivity contribution in [3.63, 3.8) is 0 Å². The fourth-order valence-electron chi connectivity index (χ4n) is 1.44. The third kappa shape index (κ3) is 2.74. The zero-order valence-corrected chi connectivity index (χ0v) is 9.71. The van der Waals surface area contributed by atoms with Crippen LogP contribution in [-0.4, -0.2) is 16.9 Å². The van der Waals surface area contributed by atoms with E-state index in [-0.39, 0.29) is 12.1 Å². The van der Waals surface area contributed by atoms with Crippen LogP contribution in [-0.2, 0) is 6.18 Å². The van der Waals surface area contributed by atoms with E-state index in [0.29, 0.717) is 4.90 Å². The van der Waals surface area contributed by atoms with E-state index in [1.165, 1.54) is 6.19 Å². The Kier molecular flexibility index (Phi) is 3.79. The SMILES string of the molecule is CN(C#N)c1c([N+](=O)[O-])cc(C(F)(F)F)cc1[N+](=O)[O-]. The second kappa shape index (κ2) is 5.00. The van der Waals surface area contributed by atoms with Gasteiger partial charge in [-0.15, -0.1) is 0 Å². The lowest BCUT2D eigenvalue weighted by atomic mass is 10.1. The fourth-order valence-corrected chi connectivity index (χ4v) is 1.44. The predicted molar refractivity (Wildman–Crippen MR) is 58.8 cm³/mol.